The molecule has 1 rings (SSSR count). The third kappa shape index (κ3) is 1.91. The van der Waals surface area contributed by atoms with E-state index in [1.807, 2.05) is 5.32 Å². The molecule has 12 heavy (non-hydrogen) atoms. The average Bonchev–Trinajstić information content (AvgIpc) is 1.94. The quantitative estimate of drug-likeness (QED) is 0.661. The maximum atomic E-state index is 12.7. The summed E-state index contributed by atoms with van der Waals surface area (Å²) >= 11 is 0. The summed E-state index contributed by atoms with van der Waals surface area (Å²) in [7, 11) is 0. The fourth-order valence-corrected chi connectivity index (χ4v) is 0.724. The van der Waals surface area contributed by atoms with Crippen LogP contribution < -0.4 is 11.1 Å². The van der Waals surface area contributed by atoms with Gasteiger partial charge in [-0.2, -0.15) is 0 Å². The first-order chi connectivity index (χ1) is 5.59. The summed E-state index contributed by atoms with van der Waals surface area (Å²) in [6.07, 6.45) is 0. The second-order valence-electron chi connectivity index (χ2n) is 2.11. The van der Waals surface area contributed by atoms with Gasteiger partial charge in [0, 0.05) is 6.07 Å². The number of rotatable bonds is 1. The summed E-state index contributed by atoms with van der Waals surface area (Å²) in [5.41, 5.74) is 4.59. The molecule has 0 bridgehead atoms. The Labute approximate surface area is 67.2 Å². The molecule has 0 radical (unpaired) electrons. The highest BCUT2D eigenvalue weighted by Gasteiger charge is 2.04. The van der Waals surface area contributed by atoms with Crippen molar-refractivity contribution in [3.8, 4) is 0 Å². The zero-order valence-corrected chi connectivity index (χ0v) is 5.97. The maximum Gasteiger partial charge on any atom is 0.316 e. The first-order valence-electron chi connectivity index (χ1n) is 3.11. The Morgan fingerprint density at radius 2 is 2.08 bits per heavy atom. The van der Waals surface area contributed by atoms with E-state index in [2.05, 4.69) is 0 Å². The van der Waals surface area contributed by atoms with Gasteiger partial charge in [-0.15, -0.1) is 0 Å². The number of carbonyl (C=O) groups excluding carboxylic acids is 1. The molecule has 0 aliphatic rings. The van der Waals surface area contributed by atoms with Crippen LogP contribution >= 0.6 is 0 Å². The molecule has 64 valence electrons. The van der Waals surface area contributed by atoms with Gasteiger partial charge >= 0.3 is 6.03 Å². The Balaban J connectivity index is 2.93. The van der Waals surface area contributed by atoms with E-state index in [1.165, 1.54) is 0 Å². The fourth-order valence-electron chi connectivity index (χ4n) is 0.724. The number of benzene rings is 1. The van der Waals surface area contributed by atoms with Gasteiger partial charge in [0.1, 0.15) is 11.6 Å². The van der Waals surface area contributed by atoms with E-state index < -0.39 is 17.7 Å². The van der Waals surface area contributed by atoms with Crippen LogP contribution in [0.1, 0.15) is 0 Å². The number of anilines is 1. The van der Waals surface area contributed by atoms with Crippen LogP contribution in [0.15, 0.2) is 18.2 Å². The molecule has 0 aromatic heterocycles. The Hall–Kier alpha value is -1.65. The van der Waals surface area contributed by atoms with E-state index in [-0.39, 0.29) is 5.69 Å². The molecule has 5 heteroatoms. The molecule has 1 aromatic rings. The molecule has 0 unspecified atom stereocenters. The summed E-state index contributed by atoms with van der Waals surface area (Å²) in [4.78, 5) is 10.3. The monoisotopic (exact) mass is 172 g/mol. The first-order valence-corrected chi connectivity index (χ1v) is 3.11. The highest BCUT2D eigenvalue weighted by atomic mass is 19.1. The molecule has 0 aliphatic carbocycles. The van der Waals surface area contributed by atoms with Crippen molar-refractivity contribution < 1.29 is 13.6 Å². The maximum absolute atomic E-state index is 12.7. The smallest absolute Gasteiger partial charge is 0.316 e. The number of hydrogen-bond acceptors (Lipinski definition) is 1. The summed E-state index contributed by atoms with van der Waals surface area (Å²) in [6, 6.07) is 1.88. The number of nitrogens with one attached hydrogen (secondary N) is 1. The number of carbonyl (C=O) groups is 1. The molecule has 3 N–H and O–H groups in total. The van der Waals surface area contributed by atoms with Crippen molar-refractivity contribution in [3.05, 3.63) is 29.8 Å². The van der Waals surface area contributed by atoms with Gasteiger partial charge in [-0.25, -0.2) is 13.6 Å². The standard InChI is InChI=1S/C7H6F2N2O/c8-4-1-2-6(5(9)3-4)11-7(10)12/h1-3H,(H3,10,11,12). The molecule has 0 fully saturated rings. The summed E-state index contributed by atoms with van der Waals surface area (Å²) < 4.78 is 25.0. The minimum Gasteiger partial charge on any atom is -0.351 e. The van der Waals surface area contributed by atoms with Crippen LogP contribution in [0, 0.1) is 11.6 Å². The zero-order valence-electron chi connectivity index (χ0n) is 5.97. The Morgan fingerprint density at radius 1 is 1.42 bits per heavy atom. The second-order valence-corrected chi connectivity index (χ2v) is 2.11. The lowest BCUT2D eigenvalue weighted by molar-refractivity contribution is 0.259. The number of halogens is 2. The average molecular weight is 172 g/mol. The third-order valence-electron chi connectivity index (χ3n) is 1.19. The minimum atomic E-state index is -0.888. The van der Waals surface area contributed by atoms with Crippen LogP contribution in [0.3, 0.4) is 0 Å². The zero-order chi connectivity index (χ0) is 9.14. The highest BCUT2D eigenvalue weighted by molar-refractivity contribution is 5.87. The van der Waals surface area contributed by atoms with Gasteiger partial charge in [0.15, 0.2) is 0 Å². The fraction of sp³-hybridized carbons (Fsp3) is 0. The van der Waals surface area contributed by atoms with E-state index in [9.17, 15) is 13.6 Å². The van der Waals surface area contributed by atoms with E-state index in [4.69, 9.17) is 5.73 Å². The van der Waals surface area contributed by atoms with Gasteiger partial charge in [0.05, 0.1) is 5.69 Å². The van der Waals surface area contributed by atoms with Crippen LogP contribution in [0.4, 0.5) is 19.3 Å². The van der Waals surface area contributed by atoms with Gasteiger partial charge < -0.3 is 11.1 Å². The number of amides is 2. The SMILES string of the molecule is NC(=O)Nc1ccc(F)cc1F. The van der Waals surface area contributed by atoms with E-state index in [0.29, 0.717) is 6.07 Å². The van der Waals surface area contributed by atoms with E-state index in [0.717, 1.165) is 12.1 Å². The molecular weight excluding hydrogens is 166 g/mol. The van der Waals surface area contributed by atoms with Crippen molar-refractivity contribution in [2.45, 2.75) is 0 Å². The lowest BCUT2D eigenvalue weighted by Crippen LogP contribution is -2.20. The highest BCUT2D eigenvalue weighted by Crippen LogP contribution is 2.13. The Kier molecular flexibility index (Phi) is 2.23. The number of urea groups is 1. The largest absolute Gasteiger partial charge is 0.351 e. The van der Waals surface area contributed by atoms with Gasteiger partial charge in [0.2, 0.25) is 0 Å². The molecule has 0 saturated carbocycles. The molecular formula is C7H6F2N2O. The molecule has 0 atom stereocenters. The summed E-state index contributed by atoms with van der Waals surface area (Å²) in [5, 5.41) is 2.00. The molecule has 0 spiro atoms. The van der Waals surface area contributed by atoms with Crippen LogP contribution in [0.5, 0.6) is 0 Å². The molecule has 1 aromatic carbocycles. The summed E-state index contributed by atoms with van der Waals surface area (Å²) in [5.74, 6) is -1.56. The van der Waals surface area contributed by atoms with Gasteiger partial charge in [-0.05, 0) is 12.1 Å². The molecule has 0 saturated heterocycles. The second kappa shape index (κ2) is 3.17. The van der Waals surface area contributed by atoms with Gasteiger partial charge in [-0.1, -0.05) is 0 Å². The number of primary amides is 1. The van der Waals surface area contributed by atoms with Crippen LogP contribution in [0.2, 0.25) is 0 Å². The predicted octanol–water partition coefficient (Wildman–Crippen LogP) is 1.46. The Morgan fingerprint density at radius 3 is 2.58 bits per heavy atom. The third-order valence-corrected chi connectivity index (χ3v) is 1.19. The van der Waals surface area contributed by atoms with Gasteiger partial charge in [-0.3, -0.25) is 0 Å². The molecule has 2 amide bonds. The Bertz CT molecular complexity index is 314. The summed E-state index contributed by atoms with van der Waals surface area (Å²) in [6.45, 7) is 0. The molecule has 0 aliphatic heterocycles. The topological polar surface area (TPSA) is 55.1 Å². The van der Waals surface area contributed by atoms with Crippen LogP contribution in [-0.4, -0.2) is 6.03 Å². The number of hydrogen-bond donors (Lipinski definition) is 2. The molecule has 3 nitrogen and oxygen atoms in total. The van der Waals surface area contributed by atoms with Crippen molar-refractivity contribution in [1.82, 2.24) is 0 Å². The van der Waals surface area contributed by atoms with Crippen molar-refractivity contribution in [3.63, 3.8) is 0 Å². The number of nitrogens with two attached hydrogens (primary N) is 1. The lowest BCUT2D eigenvalue weighted by atomic mass is 10.3. The van der Waals surface area contributed by atoms with Crippen molar-refractivity contribution >= 4 is 11.7 Å². The predicted molar refractivity (Wildman–Crippen MR) is 39.6 cm³/mol. The van der Waals surface area contributed by atoms with Crippen LogP contribution in [0.25, 0.3) is 0 Å². The van der Waals surface area contributed by atoms with E-state index in [1.54, 1.807) is 0 Å². The van der Waals surface area contributed by atoms with Crippen LogP contribution in [-0.2, 0) is 0 Å². The van der Waals surface area contributed by atoms with Gasteiger partial charge in [0.25, 0.3) is 0 Å². The lowest BCUT2D eigenvalue weighted by Gasteiger charge is -2.01. The molecule has 0 heterocycles. The normalized spacial score (nSPS) is 9.50. The van der Waals surface area contributed by atoms with Crippen molar-refractivity contribution in [1.29, 1.82) is 0 Å². The van der Waals surface area contributed by atoms with Crippen molar-refractivity contribution in [2.75, 3.05) is 5.32 Å². The van der Waals surface area contributed by atoms with Crippen molar-refractivity contribution in [2.24, 2.45) is 5.73 Å². The van der Waals surface area contributed by atoms with E-state index >= 15 is 0 Å². The minimum absolute atomic E-state index is 0.135. The first kappa shape index (κ1) is 8.45.